The van der Waals surface area contributed by atoms with Crippen LogP contribution in [0.5, 0.6) is 0 Å². The topological polar surface area (TPSA) is 64.6 Å². The summed E-state index contributed by atoms with van der Waals surface area (Å²) in [4.78, 5) is 24.1. The number of fused-ring (bicyclic) bond motifs is 2. The molecule has 6 atom stereocenters. The zero-order chi connectivity index (χ0) is 17.6. The van der Waals surface area contributed by atoms with Gasteiger partial charge in [0.1, 0.15) is 6.10 Å². The summed E-state index contributed by atoms with van der Waals surface area (Å²) in [5.74, 6) is 0.915. The molecule has 2 unspecified atom stereocenters. The van der Waals surface area contributed by atoms with Gasteiger partial charge in [-0.15, -0.1) is 0 Å². The second-order valence-corrected chi connectivity index (χ2v) is 8.05. The van der Waals surface area contributed by atoms with Crippen LogP contribution in [-0.4, -0.2) is 30.8 Å². The standard InChI is InChI=1S/C19H29NO4/c1-6-23-18(22)20-15-8-7-12-10(2)16-11(3)24-17(21)13(16)9-14(12)19(15,4)5/h9-13,15-16H,6-8H2,1-5H3,(H,20,22)/t10-,11+,12?,13+,15?,16+/m0/s1. The van der Waals surface area contributed by atoms with Crippen molar-refractivity contribution >= 4 is 12.1 Å². The molecule has 0 aromatic heterocycles. The Kier molecular flexibility index (Phi) is 4.39. The van der Waals surface area contributed by atoms with Gasteiger partial charge < -0.3 is 14.8 Å². The maximum atomic E-state index is 12.2. The van der Waals surface area contributed by atoms with E-state index in [2.05, 4.69) is 32.2 Å². The normalized spacial score (nSPS) is 40.0. The Morgan fingerprint density at radius 2 is 2.08 bits per heavy atom. The van der Waals surface area contributed by atoms with Crippen molar-refractivity contribution < 1.29 is 19.1 Å². The molecule has 1 N–H and O–H groups in total. The van der Waals surface area contributed by atoms with E-state index < -0.39 is 0 Å². The number of nitrogens with one attached hydrogen (secondary N) is 1. The van der Waals surface area contributed by atoms with Crippen molar-refractivity contribution in [3.63, 3.8) is 0 Å². The molecule has 0 aromatic rings. The Labute approximate surface area is 144 Å². The van der Waals surface area contributed by atoms with Crippen LogP contribution < -0.4 is 5.32 Å². The van der Waals surface area contributed by atoms with Crippen LogP contribution in [0, 0.1) is 29.1 Å². The lowest BCUT2D eigenvalue weighted by Crippen LogP contribution is -2.53. The number of carbonyl (C=O) groups excluding carboxylic acids is 2. The summed E-state index contributed by atoms with van der Waals surface area (Å²) < 4.78 is 10.6. The summed E-state index contributed by atoms with van der Waals surface area (Å²) in [6.07, 6.45) is 3.75. The van der Waals surface area contributed by atoms with Gasteiger partial charge in [0, 0.05) is 17.4 Å². The van der Waals surface area contributed by atoms with Gasteiger partial charge in [0.15, 0.2) is 0 Å². The summed E-state index contributed by atoms with van der Waals surface area (Å²) in [7, 11) is 0. The summed E-state index contributed by atoms with van der Waals surface area (Å²) in [6.45, 7) is 10.8. The highest BCUT2D eigenvalue weighted by atomic mass is 16.6. The van der Waals surface area contributed by atoms with Crippen LogP contribution in [0.25, 0.3) is 0 Å². The number of alkyl carbamates (subject to hydrolysis) is 1. The average Bonchev–Trinajstić information content (AvgIpc) is 2.78. The first-order chi connectivity index (χ1) is 11.3. The second-order valence-electron chi connectivity index (χ2n) is 8.05. The van der Waals surface area contributed by atoms with Crippen LogP contribution in [0.1, 0.15) is 47.5 Å². The quantitative estimate of drug-likeness (QED) is 0.621. The molecule has 2 aliphatic carbocycles. The Morgan fingerprint density at radius 3 is 2.75 bits per heavy atom. The Bertz CT molecular complexity index is 568. The number of amides is 1. The summed E-state index contributed by atoms with van der Waals surface area (Å²) >= 11 is 0. The first-order valence-corrected chi connectivity index (χ1v) is 9.13. The van der Waals surface area contributed by atoms with Gasteiger partial charge in [-0.1, -0.05) is 32.4 Å². The van der Waals surface area contributed by atoms with Crippen LogP contribution in [0.2, 0.25) is 0 Å². The number of carbonyl (C=O) groups is 2. The van der Waals surface area contributed by atoms with E-state index in [4.69, 9.17) is 9.47 Å². The third-order valence-electron chi connectivity index (χ3n) is 6.48. The van der Waals surface area contributed by atoms with Gasteiger partial charge in [-0.05, 0) is 38.5 Å². The summed E-state index contributed by atoms with van der Waals surface area (Å²) in [5, 5.41) is 3.02. The summed E-state index contributed by atoms with van der Waals surface area (Å²) in [5.41, 5.74) is 1.11. The van der Waals surface area contributed by atoms with Gasteiger partial charge in [0.2, 0.25) is 0 Å². The molecule has 1 aliphatic heterocycles. The minimum atomic E-state index is -0.356. The highest BCUT2D eigenvalue weighted by Crippen LogP contribution is 2.54. The van der Waals surface area contributed by atoms with Crippen LogP contribution in [0.15, 0.2) is 11.6 Å². The van der Waals surface area contributed by atoms with Crippen molar-refractivity contribution in [2.24, 2.45) is 29.1 Å². The number of rotatable bonds is 2. The van der Waals surface area contributed by atoms with Gasteiger partial charge >= 0.3 is 12.1 Å². The van der Waals surface area contributed by atoms with Gasteiger partial charge in [-0.3, -0.25) is 4.79 Å². The lowest BCUT2D eigenvalue weighted by Gasteiger charge is -2.50. The highest BCUT2D eigenvalue weighted by molar-refractivity contribution is 5.78. The molecule has 134 valence electrons. The molecule has 1 saturated carbocycles. The van der Waals surface area contributed by atoms with E-state index in [9.17, 15) is 9.59 Å². The fourth-order valence-corrected chi connectivity index (χ4v) is 5.18. The lowest BCUT2D eigenvalue weighted by atomic mass is 9.55. The first-order valence-electron chi connectivity index (χ1n) is 9.13. The first kappa shape index (κ1) is 17.3. The van der Waals surface area contributed by atoms with E-state index in [-0.39, 0.29) is 41.5 Å². The minimum absolute atomic E-state index is 0.00575. The zero-order valence-corrected chi connectivity index (χ0v) is 15.3. The molecule has 3 rings (SSSR count). The maximum Gasteiger partial charge on any atom is 0.407 e. The van der Waals surface area contributed by atoms with E-state index in [1.165, 1.54) is 5.57 Å². The molecule has 1 amide bonds. The molecule has 0 bridgehead atoms. The number of hydrogen-bond donors (Lipinski definition) is 1. The van der Waals surface area contributed by atoms with E-state index in [0.717, 1.165) is 12.8 Å². The molecule has 0 spiro atoms. The number of hydrogen-bond acceptors (Lipinski definition) is 4. The van der Waals surface area contributed by atoms with Gasteiger partial charge in [0.25, 0.3) is 0 Å². The van der Waals surface area contributed by atoms with E-state index in [1.807, 2.05) is 6.92 Å². The SMILES string of the molecule is CCOC(=O)NC1CCC2C(=C[C@H]3C(=O)O[C@H](C)[C@H]3[C@H]2C)C1(C)C. The monoisotopic (exact) mass is 335 g/mol. The predicted octanol–water partition coefficient (Wildman–Crippen LogP) is 3.29. The van der Waals surface area contributed by atoms with Crippen molar-refractivity contribution in [1.29, 1.82) is 0 Å². The Hall–Kier alpha value is -1.52. The van der Waals surface area contributed by atoms with Crippen molar-refractivity contribution in [2.45, 2.75) is 59.6 Å². The van der Waals surface area contributed by atoms with Crippen LogP contribution >= 0.6 is 0 Å². The molecule has 2 fully saturated rings. The number of cyclic esters (lactones) is 1. The maximum absolute atomic E-state index is 12.2. The fourth-order valence-electron chi connectivity index (χ4n) is 5.18. The molecule has 1 saturated heterocycles. The van der Waals surface area contributed by atoms with Gasteiger partial charge in [-0.25, -0.2) is 4.79 Å². The van der Waals surface area contributed by atoms with Gasteiger partial charge in [0.05, 0.1) is 12.5 Å². The third-order valence-corrected chi connectivity index (χ3v) is 6.48. The van der Waals surface area contributed by atoms with E-state index >= 15 is 0 Å². The van der Waals surface area contributed by atoms with Crippen LogP contribution in [0.4, 0.5) is 4.79 Å². The fraction of sp³-hybridized carbons (Fsp3) is 0.789. The average molecular weight is 335 g/mol. The van der Waals surface area contributed by atoms with Crippen molar-refractivity contribution in [1.82, 2.24) is 5.32 Å². The van der Waals surface area contributed by atoms with Crippen molar-refractivity contribution in [3.8, 4) is 0 Å². The van der Waals surface area contributed by atoms with E-state index in [1.54, 1.807) is 6.92 Å². The highest BCUT2D eigenvalue weighted by Gasteiger charge is 2.54. The number of ether oxygens (including phenoxy) is 2. The Balaban J connectivity index is 1.89. The van der Waals surface area contributed by atoms with E-state index in [0.29, 0.717) is 18.4 Å². The molecule has 1 heterocycles. The number of esters is 1. The van der Waals surface area contributed by atoms with Crippen LogP contribution in [0.3, 0.4) is 0 Å². The molecule has 3 aliphatic rings. The minimum Gasteiger partial charge on any atom is -0.462 e. The largest absolute Gasteiger partial charge is 0.462 e. The molecule has 5 nitrogen and oxygen atoms in total. The van der Waals surface area contributed by atoms with Crippen LogP contribution in [-0.2, 0) is 14.3 Å². The smallest absolute Gasteiger partial charge is 0.407 e. The Morgan fingerprint density at radius 1 is 1.38 bits per heavy atom. The third kappa shape index (κ3) is 2.62. The molecule has 5 heteroatoms. The molecular formula is C19H29NO4. The van der Waals surface area contributed by atoms with Crippen molar-refractivity contribution in [2.75, 3.05) is 6.61 Å². The van der Waals surface area contributed by atoms with Crippen molar-refractivity contribution in [3.05, 3.63) is 11.6 Å². The summed E-state index contributed by atoms with van der Waals surface area (Å²) in [6, 6.07) is 0.0256. The molecule has 0 aromatic carbocycles. The molecular weight excluding hydrogens is 306 g/mol. The van der Waals surface area contributed by atoms with Gasteiger partial charge in [-0.2, -0.15) is 0 Å². The second kappa shape index (κ2) is 6.08. The molecule has 24 heavy (non-hydrogen) atoms. The predicted molar refractivity (Wildman–Crippen MR) is 90.2 cm³/mol. The lowest BCUT2D eigenvalue weighted by molar-refractivity contribution is -0.142. The zero-order valence-electron chi connectivity index (χ0n) is 15.3. The molecule has 0 radical (unpaired) electrons.